The Labute approximate surface area is 116 Å². The van der Waals surface area contributed by atoms with Crippen LogP contribution in [0.4, 0.5) is 11.5 Å². The summed E-state index contributed by atoms with van der Waals surface area (Å²) in [5.41, 5.74) is 1.24. The Bertz CT molecular complexity index is 393. The number of aromatic nitrogens is 1. The lowest BCUT2D eigenvalue weighted by molar-refractivity contribution is 0.314. The van der Waals surface area contributed by atoms with E-state index in [1.165, 1.54) is 25.1 Å². The van der Waals surface area contributed by atoms with Crippen molar-refractivity contribution in [1.29, 1.82) is 0 Å². The minimum atomic E-state index is 0.685. The summed E-state index contributed by atoms with van der Waals surface area (Å²) >= 11 is 0. The molecule has 0 spiro atoms. The summed E-state index contributed by atoms with van der Waals surface area (Å²) in [7, 11) is 4.40. The molecular weight excluding hydrogens is 236 g/mol. The van der Waals surface area contributed by atoms with E-state index in [0.29, 0.717) is 6.04 Å². The van der Waals surface area contributed by atoms with Crippen LogP contribution in [0.5, 0.6) is 0 Å². The Morgan fingerprint density at radius 2 is 2.37 bits per heavy atom. The van der Waals surface area contributed by atoms with Crippen molar-refractivity contribution in [2.45, 2.75) is 32.2 Å². The molecule has 1 N–H and O–H groups in total. The van der Waals surface area contributed by atoms with E-state index in [1.807, 2.05) is 6.20 Å². The van der Waals surface area contributed by atoms with Crippen molar-refractivity contribution in [2.24, 2.45) is 0 Å². The Hall–Kier alpha value is -1.29. The molecule has 2 rings (SSSR count). The number of rotatable bonds is 6. The van der Waals surface area contributed by atoms with Gasteiger partial charge in [0.25, 0.3) is 0 Å². The summed E-state index contributed by atoms with van der Waals surface area (Å²) in [6, 6.07) is 4.92. The van der Waals surface area contributed by atoms with Gasteiger partial charge in [0.05, 0.1) is 0 Å². The van der Waals surface area contributed by atoms with E-state index >= 15 is 0 Å². The first-order valence-corrected chi connectivity index (χ1v) is 7.32. The first kappa shape index (κ1) is 14.1. The minimum Gasteiger partial charge on any atom is -0.373 e. The standard InChI is InChI=1S/C15H26N4/c1-4-8-16-15-11-13(7-9-17-15)19(3)12-14-6-5-10-18(14)2/h7,9,11,14H,4-6,8,10,12H2,1-3H3,(H,16,17). The predicted octanol–water partition coefficient (Wildman–Crippen LogP) is 2.43. The van der Waals surface area contributed by atoms with Crippen LogP contribution in [0.25, 0.3) is 0 Å². The smallest absolute Gasteiger partial charge is 0.127 e. The third kappa shape index (κ3) is 3.83. The number of anilines is 2. The Morgan fingerprint density at radius 1 is 1.53 bits per heavy atom. The zero-order valence-electron chi connectivity index (χ0n) is 12.4. The second-order valence-corrected chi connectivity index (χ2v) is 5.48. The van der Waals surface area contributed by atoms with E-state index in [-0.39, 0.29) is 0 Å². The van der Waals surface area contributed by atoms with Crippen LogP contribution in [-0.4, -0.2) is 49.7 Å². The molecular formula is C15H26N4. The van der Waals surface area contributed by atoms with Crippen molar-refractivity contribution >= 4 is 11.5 Å². The summed E-state index contributed by atoms with van der Waals surface area (Å²) in [6.07, 6.45) is 5.65. The maximum absolute atomic E-state index is 4.36. The SMILES string of the molecule is CCCNc1cc(N(C)CC2CCCN2C)ccn1. The summed E-state index contributed by atoms with van der Waals surface area (Å²) in [5, 5.41) is 3.34. The van der Waals surface area contributed by atoms with Gasteiger partial charge in [-0.2, -0.15) is 0 Å². The summed E-state index contributed by atoms with van der Waals surface area (Å²) in [6.45, 7) is 5.47. The number of nitrogens with one attached hydrogen (secondary N) is 1. The molecule has 0 aromatic carbocycles. The maximum Gasteiger partial charge on any atom is 0.127 e. The highest BCUT2D eigenvalue weighted by atomic mass is 15.2. The van der Waals surface area contributed by atoms with Crippen molar-refractivity contribution in [2.75, 3.05) is 43.9 Å². The molecule has 4 nitrogen and oxygen atoms in total. The van der Waals surface area contributed by atoms with Gasteiger partial charge in [0.1, 0.15) is 5.82 Å². The van der Waals surface area contributed by atoms with E-state index in [2.05, 4.69) is 53.3 Å². The number of pyridine rings is 1. The van der Waals surface area contributed by atoms with Crippen LogP contribution in [0.2, 0.25) is 0 Å². The van der Waals surface area contributed by atoms with Crippen molar-refractivity contribution < 1.29 is 0 Å². The first-order chi connectivity index (χ1) is 9.20. The molecule has 1 aliphatic rings. The Kier molecular flexibility index (Phi) is 5.02. The molecule has 0 aliphatic carbocycles. The Balaban J connectivity index is 1.96. The van der Waals surface area contributed by atoms with Gasteiger partial charge in [-0.15, -0.1) is 0 Å². The molecule has 0 radical (unpaired) electrons. The summed E-state index contributed by atoms with van der Waals surface area (Å²) in [4.78, 5) is 9.16. The largest absolute Gasteiger partial charge is 0.373 e. The van der Waals surface area contributed by atoms with Crippen LogP contribution >= 0.6 is 0 Å². The van der Waals surface area contributed by atoms with Gasteiger partial charge in [-0.3, -0.25) is 0 Å². The number of hydrogen-bond acceptors (Lipinski definition) is 4. The average molecular weight is 262 g/mol. The first-order valence-electron chi connectivity index (χ1n) is 7.32. The fourth-order valence-corrected chi connectivity index (χ4v) is 2.64. The van der Waals surface area contributed by atoms with Crippen molar-refractivity contribution in [3.63, 3.8) is 0 Å². The van der Waals surface area contributed by atoms with Crippen LogP contribution in [0, 0.1) is 0 Å². The van der Waals surface area contributed by atoms with Gasteiger partial charge in [0, 0.05) is 44.1 Å². The molecule has 1 aromatic heterocycles. The van der Waals surface area contributed by atoms with Crippen molar-refractivity contribution in [3.05, 3.63) is 18.3 Å². The van der Waals surface area contributed by atoms with E-state index in [9.17, 15) is 0 Å². The van der Waals surface area contributed by atoms with E-state index in [1.54, 1.807) is 0 Å². The van der Waals surface area contributed by atoms with Crippen LogP contribution < -0.4 is 10.2 Å². The van der Waals surface area contributed by atoms with E-state index in [0.717, 1.165) is 25.3 Å². The number of nitrogens with zero attached hydrogens (tertiary/aromatic N) is 3. The van der Waals surface area contributed by atoms with Crippen molar-refractivity contribution in [1.82, 2.24) is 9.88 Å². The lowest BCUT2D eigenvalue weighted by Crippen LogP contribution is -2.36. The predicted molar refractivity (Wildman–Crippen MR) is 81.9 cm³/mol. The third-order valence-corrected chi connectivity index (χ3v) is 3.90. The van der Waals surface area contributed by atoms with Crippen LogP contribution in [0.3, 0.4) is 0 Å². The molecule has 4 heteroatoms. The summed E-state index contributed by atoms with van der Waals surface area (Å²) in [5.74, 6) is 0.978. The number of likely N-dealkylation sites (tertiary alicyclic amines) is 1. The van der Waals surface area contributed by atoms with Gasteiger partial charge < -0.3 is 15.1 Å². The van der Waals surface area contributed by atoms with Crippen LogP contribution in [0.1, 0.15) is 26.2 Å². The molecule has 106 valence electrons. The molecule has 1 saturated heterocycles. The molecule has 19 heavy (non-hydrogen) atoms. The van der Waals surface area contributed by atoms with Gasteiger partial charge in [0.2, 0.25) is 0 Å². The zero-order chi connectivity index (χ0) is 13.7. The van der Waals surface area contributed by atoms with Gasteiger partial charge in [0.15, 0.2) is 0 Å². The topological polar surface area (TPSA) is 31.4 Å². The lowest BCUT2D eigenvalue weighted by atomic mass is 10.2. The second-order valence-electron chi connectivity index (χ2n) is 5.48. The second kappa shape index (κ2) is 6.75. The molecule has 1 atom stereocenters. The van der Waals surface area contributed by atoms with Gasteiger partial charge in [-0.1, -0.05) is 6.92 Å². The summed E-state index contributed by atoms with van der Waals surface area (Å²) < 4.78 is 0. The van der Waals surface area contributed by atoms with Gasteiger partial charge >= 0.3 is 0 Å². The fraction of sp³-hybridized carbons (Fsp3) is 0.667. The monoisotopic (exact) mass is 262 g/mol. The number of hydrogen-bond donors (Lipinski definition) is 1. The molecule has 1 fully saturated rings. The Morgan fingerprint density at radius 3 is 3.05 bits per heavy atom. The van der Waals surface area contributed by atoms with Gasteiger partial charge in [-0.25, -0.2) is 4.98 Å². The molecule has 1 unspecified atom stereocenters. The normalized spacial score (nSPS) is 19.6. The van der Waals surface area contributed by atoms with Gasteiger partial charge in [-0.05, 0) is 38.9 Å². The third-order valence-electron chi connectivity index (χ3n) is 3.90. The molecule has 2 heterocycles. The molecule has 0 amide bonds. The number of likely N-dealkylation sites (N-methyl/N-ethyl adjacent to an activating group) is 2. The average Bonchev–Trinajstić information content (AvgIpc) is 2.82. The molecule has 0 saturated carbocycles. The molecule has 0 bridgehead atoms. The fourth-order valence-electron chi connectivity index (χ4n) is 2.64. The van der Waals surface area contributed by atoms with E-state index in [4.69, 9.17) is 0 Å². The molecule has 1 aromatic rings. The van der Waals surface area contributed by atoms with Crippen molar-refractivity contribution in [3.8, 4) is 0 Å². The molecule has 1 aliphatic heterocycles. The highest BCUT2D eigenvalue weighted by molar-refractivity contribution is 5.53. The zero-order valence-corrected chi connectivity index (χ0v) is 12.4. The van der Waals surface area contributed by atoms with E-state index < -0.39 is 0 Å². The lowest BCUT2D eigenvalue weighted by Gasteiger charge is -2.27. The highest BCUT2D eigenvalue weighted by Crippen LogP contribution is 2.20. The highest BCUT2D eigenvalue weighted by Gasteiger charge is 2.22. The van der Waals surface area contributed by atoms with Crippen LogP contribution in [-0.2, 0) is 0 Å². The quantitative estimate of drug-likeness (QED) is 0.853. The minimum absolute atomic E-state index is 0.685. The van der Waals surface area contributed by atoms with Crippen LogP contribution in [0.15, 0.2) is 18.3 Å². The maximum atomic E-state index is 4.36.